The fourth-order valence-electron chi connectivity index (χ4n) is 1.84. The zero-order chi connectivity index (χ0) is 14.4. The number of esters is 1. The molecular weight excluding hydrogens is 258 g/mol. The predicted molar refractivity (Wildman–Crippen MR) is 74.5 cm³/mol. The molecule has 0 amide bonds. The van der Waals surface area contributed by atoms with Crippen LogP contribution in [0.15, 0.2) is 36.9 Å². The number of nitrogen functional groups attached to an aromatic ring is 1. The Balaban J connectivity index is 1.95. The zero-order valence-corrected chi connectivity index (χ0v) is 11.3. The number of nitrogens with two attached hydrogens (primary N) is 1. The van der Waals surface area contributed by atoms with Crippen LogP contribution < -0.4 is 10.5 Å². The summed E-state index contributed by atoms with van der Waals surface area (Å²) in [6.07, 6.45) is 6.17. The summed E-state index contributed by atoms with van der Waals surface area (Å²) in [7, 11) is 1.32. The van der Waals surface area contributed by atoms with Crippen LogP contribution in [0.4, 0.5) is 5.69 Å². The van der Waals surface area contributed by atoms with Crippen molar-refractivity contribution in [2.24, 2.45) is 0 Å². The Morgan fingerprint density at radius 2 is 2.30 bits per heavy atom. The molecule has 0 radical (unpaired) electrons. The summed E-state index contributed by atoms with van der Waals surface area (Å²) in [5.74, 6) is -0.0461. The number of imidazole rings is 1. The molecule has 0 atom stereocenters. The summed E-state index contributed by atoms with van der Waals surface area (Å²) in [5, 5.41) is 0. The Kier molecular flexibility index (Phi) is 4.60. The highest BCUT2D eigenvalue weighted by Gasteiger charge is 2.16. The molecule has 0 aliphatic carbocycles. The molecule has 2 aromatic rings. The molecule has 0 saturated carbocycles. The van der Waals surface area contributed by atoms with Crippen LogP contribution in [0, 0.1) is 0 Å². The van der Waals surface area contributed by atoms with Gasteiger partial charge in [-0.1, -0.05) is 6.07 Å². The highest BCUT2D eigenvalue weighted by Crippen LogP contribution is 2.25. The van der Waals surface area contributed by atoms with Crippen LogP contribution in [0.5, 0.6) is 5.75 Å². The topological polar surface area (TPSA) is 79.4 Å². The summed E-state index contributed by atoms with van der Waals surface area (Å²) in [5.41, 5.74) is 6.41. The minimum absolute atomic E-state index is 0.276. The van der Waals surface area contributed by atoms with E-state index in [2.05, 4.69) is 4.98 Å². The van der Waals surface area contributed by atoms with Crippen LogP contribution in [-0.4, -0.2) is 29.2 Å². The standard InChI is InChI=1S/C14H17N3O3/c1-19-14(18)13-11(15)4-2-5-12(13)20-9-3-7-17-8-6-16-10-17/h2,4-6,8,10H,3,7,9,15H2,1H3. The third-order valence-electron chi connectivity index (χ3n) is 2.83. The molecule has 0 aliphatic heterocycles. The highest BCUT2D eigenvalue weighted by molar-refractivity contribution is 5.98. The van der Waals surface area contributed by atoms with Crippen LogP contribution in [0.2, 0.25) is 0 Å². The average molecular weight is 275 g/mol. The number of aryl methyl sites for hydroxylation is 1. The number of nitrogens with zero attached hydrogens (tertiary/aromatic N) is 2. The molecule has 0 saturated heterocycles. The Morgan fingerprint density at radius 1 is 1.45 bits per heavy atom. The van der Waals surface area contributed by atoms with Gasteiger partial charge in [-0.15, -0.1) is 0 Å². The van der Waals surface area contributed by atoms with Gasteiger partial charge in [-0.25, -0.2) is 9.78 Å². The van der Waals surface area contributed by atoms with Crippen molar-refractivity contribution >= 4 is 11.7 Å². The molecule has 0 spiro atoms. The lowest BCUT2D eigenvalue weighted by atomic mass is 10.1. The number of benzene rings is 1. The lowest BCUT2D eigenvalue weighted by molar-refractivity contribution is 0.0597. The molecular formula is C14H17N3O3. The lowest BCUT2D eigenvalue weighted by Crippen LogP contribution is -2.10. The second-order valence-corrected chi connectivity index (χ2v) is 4.21. The van der Waals surface area contributed by atoms with Gasteiger partial charge in [0, 0.05) is 24.6 Å². The minimum atomic E-state index is -0.493. The molecule has 1 aromatic heterocycles. The van der Waals surface area contributed by atoms with E-state index in [0.29, 0.717) is 18.0 Å². The molecule has 6 nitrogen and oxygen atoms in total. The van der Waals surface area contributed by atoms with Crippen molar-refractivity contribution in [1.82, 2.24) is 9.55 Å². The van der Waals surface area contributed by atoms with Crippen molar-refractivity contribution in [3.8, 4) is 5.75 Å². The van der Waals surface area contributed by atoms with Gasteiger partial charge in [0.25, 0.3) is 0 Å². The fourth-order valence-corrected chi connectivity index (χ4v) is 1.84. The van der Waals surface area contributed by atoms with Crippen LogP contribution in [0.1, 0.15) is 16.8 Å². The lowest BCUT2D eigenvalue weighted by Gasteiger charge is -2.12. The van der Waals surface area contributed by atoms with Crippen molar-refractivity contribution in [2.45, 2.75) is 13.0 Å². The number of ether oxygens (including phenoxy) is 2. The van der Waals surface area contributed by atoms with E-state index in [-0.39, 0.29) is 5.56 Å². The molecule has 0 unspecified atom stereocenters. The predicted octanol–water partition coefficient (Wildman–Crippen LogP) is 1.72. The van der Waals surface area contributed by atoms with Gasteiger partial charge in [0.15, 0.2) is 0 Å². The fraction of sp³-hybridized carbons (Fsp3) is 0.286. The van der Waals surface area contributed by atoms with E-state index >= 15 is 0 Å². The molecule has 2 N–H and O–H groups in total. The van der Waals surface area contributed by atoms with Gasteiger partial charge in [-0.05, 0) is 18.6 Å². The third kappa shape index (κ3) is 3.28. The first-order valence-corrected chi connectivity index (χ1v) is 6.27. The SMILES string of the molecule is COC(=O)c1c(N)cccc1OCCCn1ccnc1. The van der Waals surface area contributed by atoms with Crippen LogP contribution >= 0.6 is 0 Å². The molecule has 0 fully saturated rings. The monoisotopic (exact) mass is 275 g/mol. The Labute approximate surface area is 117 Å². The highest BCUT2D eigenvalue weighted by atomic mass is 16.5. The van der Waals surface area contributed by atoms with E-state index in [4.69, 9.17) is 15.2 Å². The molecule has 6 heteroatoms. The van der Waals surface area contributed by atoms with Gasteiger partial charge in [0.1, 0.15) is 11.3 Å². The largest absolute Gasteiger partial charge is 0.493 e. The minimum Gasteiger partial charge on any atom is -0.493 e. The van der Waals surface area contributed by atoms with Crippen LogP contribution in [-0.2, 0) is 11.3 Å². The van der Waals surface area contributed by atoms with Crippen molar-refractivity contribution in [3.05, 3.63) is 42.5 Å². The molecule has 1 aromatic carbocycles. The third-order valence-corrected chi connectivity index (χ3v) is 2.83. The van der Waals surface area contributed by atoms with Gasteiger partial charge < -0.3 is 19.8 Å². The summed E-state index contributed by atoms with van der Waals surface area (Å²) < 4.78 is 12.3. The number of anilines is 1. The molecule has 1 heterocycles. The van der Waals surface area contributed by atoms with Crippen molar-refractivity contribution in [3.63, 3.8) is 0 Å². The van der Waals surface area contributed by atoms with Gasteiger partial charge in [-0.2, -0.15) is 0 Å². The number of hydrogen-bond donors (Lipinski definition) is 1. The number of hydrogen-bond acceptors (Lipinski definition) is 5. The van der Waals surface area contributed by atoms with Gasteiger partial charge >= 0.3 is 5.97 Å². The Bertz CT molecular complexity index is 567. The Hall–Kier alpha value is -2.50. The Morgan fingerprint density at radius 3 is 3.00 bits per heavy atom. The maximum Gasteiger partial charge on any atom is 0.343 e. The first-order chi connectivity index (χ1) is 9.72. The zero-order valence-electron chi connectivity index (χ0n) is 11.3. The molecule has 20 heavy (non-hydrogen) atoms. The average Bonchev–Trinajstić information content (AvgIpc) is 2.96. The summed E-state index contributed by atoms with van der Waals surface area (Å²) in [6, 6.07) is 5.09. The molecule has 106 valence electrons. The van der Waals surface area contributed by atoms with Crippen molar-refractivity contribution < 1.29 is 14.3 Å². The maximum absolute atomic E-state index is 11.7. The van der Waals surface area contributed by atoms with Crippen molar-refractivity contribution in [2.75, 3.05) is 19.5 Å². The van der Waals surface area contributed by atoms with E-state index in [1.54, 1.807) is 30.7 Å². The van der Waals surface area contributed by atoms with Gasteiger partial charge in [0.2, 0.25) is 0 Å². The normalized spacial score (nSPS) is 10.2. The van der Waals surface area contributed by atoms with E-state index in [9.17, 15) is 4.79 Å². The quantitative estimate of drug-likeness (QED) is 0.493. The summed E-state index contributed by atoms with van der Waals surface area (Å²) in [6.45, 7) is 1.28. The van der Waals surface area contributed by atoms with E-state index in [0.717, 1.165) is 13.0 Å². The van der Waals surface area contributed by atoms with E-state index in [1.807, 2.05) is 10.8 Å². The number of rotatable bonds is 6. The number of methoxy groups -OCH3 is 1. The van der Waals surface area contributed by atoms with Gasteiger partial charge in [0.05, 0.1) is 20.0 Å². The number of carbonyl (C=O) groups is 1. The van der Waals surface area contributed by atoms with Crippen LogP contribution in [0.3, 0.4) is 0 Å². The second kappa shape index (κ2) is 6.60. The number of carbonyl (C=O) groups excluding carboxylic acids is 1. The second-order valence-electron chi connectivity index (χ2n) is 4.21. The van der Waals surface area contributed by atoms with Gasteiger partial charge in [-0.3, -0.25) is 0 Å². The molecule has 0 aliphatic rings. The van der Waals surface area contributed by atoms with E-state index < -0.39 is 5.97 Å². The van der Waals surface area contributed by atoms with E-state index in [1.165, 1.54) is 7.11 Å². The van der Waals surface area contributed by atoms with Crippen LogP contribution in [0.25, 0.3) is 0 Å². The molecule has 2 rings (SSSR count). The molecule has 0 bridgehead atoms. The number of aromatic nitrogens is 2. The first kappa shape index (κ1) is 13.9. The smallest absolute Gasteiger partial charge is 0.343 e. The maximum atomic E-state index is 11.7. The van der Waals surface area contributed by atoms with Crippen molar-refractivity contribution in [1.29, 1.82) is 0 Å². The first-order valence-electron chi connectivity index (χ1n) is 6.27. The summed E-state index contributed by atoms with van der Waals surface area (Å²) >= 11 is 0. The summed E-state index contributed by atoms with van der Waals surface area (Å²) in [4.78, 5) is 15.6.